The fourth-order valence-corrected chi connectivity index (χ4v) is 1.83. The van der Waals surface area contributed by atoms with E-state index < -0.39 is 5.60 Å². The summed E-state index contributed by atoms with van der Waals surface area (Å²) < 4.78 is 18.7. The maximum absolute atomic E-state index is 13.1. The lowest BCUT2D eigenvalue weighted by Gasteiger charge is -2.24. The van der Waals surface area contributed by atoms with Gasteiger partial charge in [-0.2, -0.15) is 0 Å². The zero-order chi connectivity index (χ0) is 13.9. The van der Waals surface area contributed by atoms with Crippen molar-refractivity contribution in [3.05, 3.63) is 65.5 Å². The molecule has 2 aromatic rings. The molecule has 1 atom stereocenters. The lowest BCUT2D eigenvalue weighted by molar-refractivity contribution is 0.00730. The molecular formula is C16H17FO2. The van der Waals surface area contributed by atoms with Crippen LogP contribution in [-0.2, 0) is 5.60 Å². The second-order valence-electron chi connectivity index (χ2n) is 4.84. The molecule has 0 aliphatic rings. The third kappa shape index (κ3) is 3.32. The molecule has 2 rings (SSSR count). The van der Waals surface area contributed by atoms with Crippen LogP contribution >= 0.6 is 0 Å². The number of aryl methyl sites for hydroxylation is 1. The fraction of sp³-hybridized carbons (Fsp3) is 0.250. The van der Waals surface area contributed by atoms with Gasteiger partial charge < -0.3 is 9.84 Å². The van der Waals surface area contributed by atoms with Gasteiger partial charge >= 0.3 is 0 Å². The van der Waals surface area contributed by atoms with Crippen molar-refractivity contribution < 1.29 is 14.2 Å². The van der Waals surface area contributed by atoms with Crippen molar-refractivity contribution in [1.82, 2.24) is 0 Å². The molecule has 0 aliphatic carbocycles. The number of hydrogen-bond donors (Lipinski definition) is 1. The lowest BCUT2D eigenvalue weighted by Crippen LogP contribution is -2.29. The standard InChI is InChI=1S/C16H17FO2/c1-12-8-9-14(17)10-15(12)19-11-16(2,18)13-6-4-3-5-7-13/h3-10,18H,11H2,1-2H3. The average molecular weight is 260 g/mol. The van der Waals surface area contributed by atoms with Crippen LogP contribution in [0.5, 0.6) is 5.75 Å². The molecule has 0 aromatic heterocycles. The molecule has 0 amide bonds. The topological polar surface area (TPSA) is 29.5 Å². The van der Waals surface area contributed by atoms with Crippen LogP contribution in [0.3, 0.4) is 0 Å². The van der Waals surface area contributed by atoms with E-state index in [1.807, 2.05) is 37.3 Å². The summed E-state index contributed by atoms with van der Waals surface area (Å²) in [5, 5.41) is 10.4. The quantitative estimate of drug-likeness (QED) is 0.912. The van der Waals surface area contributed by atoms with Gasteiger partial charge in [-0.1, -0.05) is 36.4 Å². The van der Waals surface area contributed by atoms with Crippen molar-refractivity contribution in [2.45, 2.75) is 19.4 Å². The van der Waals surface area contributed by atoms with Crippen molar-refractivity contribution >= 4 is 0 Å². The van der Waals surface area contributed by atoms with E-state index in [2.05, 4.69) is 0 Å². The Hall–Kier alpha value is -1.87. The predicted octanol–water partition coefficient (Wildman–Crippen LogP) is 3.42. The van der Waals surface area contributed by atoms with E-state index in [0.717, 1.165) is 11.1 Å². The summed E-state index contributed by atoms with van der Waals surface area (Å²) in [6, 6.07) is 13.6. The van der Waals surface area contributed by atoms with E-state index in [-0.39, 0.29) is 12.4 Å². The second kappa shape index (κ2) is 5.41. The SMILES string of the molecule is Cc1ccc(F)cc1OCC(C)(O)c1ccccc1. The van der Waals surface area contributed by atoms with Crippen LogP contribution in [0.25, 0.3) is 0 Å². The summed E-state index contributed by atoms with van der Waals surface area (Å²) in [5.74, 6) is 0.108. The van der Waals surface area contributed by atoms with E-state index in [1.165, 1.54) is 12.1 Å². The summed E-state index contributed by atoms with van der Waals surface area (Å²) in [4.78, 5) is 0. The molecule has 100 valence electrons. The Morgan fingerprint density at radius 2 is 1.84 bits per heavy atom. The molecule has 0 fully saturated rings. The van der Waals surface area contributed by atoms with Gasteiger partial charge in [-0.3, -0.25) is 0 Å². The van der Waals surface area contributed by atoms with Crippen molar-refractivity contribution in [2.24, 2.45) is 0 Å². The Kier molecular flexibility index (Phi) is 3.86. The average Bonchev–Trinajstić information content (AvgIpc) is 2.41. The highest BCUT2D eigenvalue weighted by Crippen LogP contribution is 2.24. The number of aliphatic hydroxyl groups is 1. The van der Waals surface area contributed by atoms with Crippen molar-refractivity contribution in [3.8, 4) is 5.75 Å². The minimum Gasteiger partial charge on any atom is -0.490 e. The normalized spacial score (nSPS) is 13.9. The van der Waals surface area contributed by atoms with E-state index >= 15 is 0 Å². The van der Waals surface area contributed by atoms with Gasteiger partial charge in [-0.25, -0.2) is 4.39 Å². The van der Waals surface area contributed by atoms with Crippen LogP contribution in [0, 0.1) is 12.7 Å². The summed E-state index contributed by atoms with van der Waals surface area (Å²) in [5.41, 5.74) is 0.495. The van der Waals surface area contributed by atoms with Gasteiger partial charge in [0.1, 0.15) is 23.8 Å². The van der Waals surface area contributed by atoms with Gasteiger partial charge in [0.05, 0.1) is 0 Å². The van der Waals surface area contributed by atoms with Gasteiger partial charge in [0.15, 0.2) is 0 Å². The molecule has 19 heavy (non-hydrogen) atoms. The zero-order valence-corrected chi connectivity index (χ0v) is 11.1. The van der Waals surface area contributed by atoms with Crippen LogP contribution in [0.1, 0.15) is 18.1 Å². The first-order valence-corrected chi connectivity index (χ1v) is 6.16. The predicted molar refractivity (Wildman–Crippen MR) is 72.6 cm³/mol. The Bertz CT molecular complexity index is 550. The van der Waals surface area contributed by atoms with E-state index in [0.29, 0.717) is 5.75 Å². The molecule has 1 unspecified atom stereocenters. The van der Waals surface area contributed by atoms with E-state index in [4.69, 9.17) is 4.74 Å². The Morgan fingerprint density at radius 3 is 2.53 bits per heavy atom. The molecule has 3 heteroatoms. The van der Waals surface area contributed by atoms with Crippen LogP contribution < -0.4 is 4.74 Å². The molecule has 0 aliphatic heterocycles. The molecule has 0 radical (unpaired) electrons. The minimum absolute atomic E-state index is 0.0707. The molecule has 0 saturated carbocycles. The highest BCUT2D eigenvalue weighted by Gasteiger charge is 2.24. The van der Waals surface area contributed by atoms with Crippen molar-refractivity contribution in [3.63, 3.8) is 0 Å². The van der Waals surface area contributed by atoms with E-state index in [9.17, 15) is 9.50 Å². The first-order chi connectivity index (χ1) is 8.99. The highest BCUT2D eigenvalue weighted by molar-refractivity contribution is 5.33. The second-order valence-corrected chi connectivity index (χ2v) is 4.84. The maximum Gasteiger partial charge on any atom is 0.126 e. The molecule has 1 N–H and O–H groups in total. The zero-order valence-electron chi connectivity index (χ0n) is 11.1. The molecule has 0 saturated heterocycles. The molecular weight excluding hydrogens is 243 g/mol. The van der Waals surface area contributed by atoms with Gasteiger partial charge in [0, 0.05) is 6.07 Å². The number of ether oxygens (including phenoxy) is 1. The Labute approximate surface area is 112 Å². The smallest absolute Gasteiger partial charge is 0.126 e. The molecule has 2 aromatic carbocycles. The minimum atomic E-state index is -1.11. The molecule has 2 nitrogen and oxygen atoms in total. The monoisotopic (exact) mass is 260 g/mol. The van der Waals surface area contributed by atoms with Gasteiger partial charge in [-0.15, -0.1) is 0 Å². The number of hydrogen-bond acceptors (Lipinski definition) is 2. The van der Waals surface area contributed by atoms with Gasteiger partial charge in [0.2, 0.25) is 0 Å². The Morgan fingerprint density at radius 1 is 1.16 bits per heavy atom. The first-order valence-electron chi connectivity index (χ1n) is 6.16. The van der Waals surface area contributed by atoms with Gasteiger partial charge in [-0.05, 0) is 31.0 Å². The third-order valence-electron chi connectivity index (χ3n) is 3.05. The lowest BCUT2D eigenvalue weighted by atomic mass is 9.97. The summed E-state index contributed by atoms with van der Waals surface area (Å²) in [7, 11) is 0. The molecule has 0 spiro atoms. The van der Waals surface area contributed by atoms with Crippen LogP contribution in [0.4, 0.5) is 4.39 Å². The number of halogens is 1. The number of benzene rings is 2. The first kappa shape index (κ1) is 13.6. The molecule has 0 heterocycles. The van der Waals surface area contributed by atoms with Crippen LogP contribution in [0.2, 0.25) is 0 Å². The fourth-order valence-electron chi connectivity index (χ4n) is 1.83. The largest absolute Gasteiger partial charge is 0.490 e. The van der Waals surface area contributed by atoms with Crippen LogP contribution in [-0.4, -0.2) is 11.7 Å². The highest BCUT2D eigenvalue weighted by atomic mass is 19.1. The van der Waals surface area contributed by atoms with E-state index in [1.54, 1.807) is 13.0 Å². The summed E-state index contributed by atoms with van der Waals surface area (Å²) in [6.45, 7) is 3.59. The van der Waals surface area contributed by atoms with Crippen molar-refractivity contribution in [2.75, 3.05) is 6.61 Å². The Balaban J connectivity index is 2.12. The number of rotatable bonds is 4. The summed E-state index contributed by atoms with van der Waals surface area (Å²) in [6.07, 6.45) is 0. The third-order valence-corrected chi connectivity index (χ3v) is 3.05. The van der Waals surface area contributed by atoms with Crippen molar-refractivity contribution in [1.29, 1.82) is 0 Å². The summed E-state index contributed by atoms with van der Waals surface area (Å²) >= 11 is 0. The van der Waals surface area contributed by atoms with Crippen LogP contribution in [0.15, 0.2) is 48.5 Å². The van der Waals surface area contributed by atoms with Gasteiger partial charge in [0.25, 0.3) is 0 Å². The molecule has 0 bridgehead atoms. The maximum atomic E-state index is 13.1.